The highest BCUT2D eigenvalue weighted by Gasteiger charge is 2.09. The van der Waals surface area contributed by atoms with Gasteiger partial charge in [0.25, 0.3) is 5.91 Å². The summed E-state index contributed by atoms with van der Waals surface area (Å²) in [6, 6.07) is 10.6. The van der Waals surface area contributed by atoms with E-state index in [-0.39, 0.29) is 5.78 Å². The van der Waals surface area contributed by atoms with Crippen molar-refractivity contribution >= 4 is 17.8 Å². The summed E-state index contributed by atoms with van der Waals surface area (Å²) in [5.41, 5.74) is 3.20. The third-order valence-electron chi connectivity index (χ3n) is 2.53. The van der Waals surface area contributed by atoms with E-state index in [1.807, 2.05) is 6.07 Å². The molecule has 1 heterocycles. The van der Waals surface area contributed by atoms with Crippen molar-refractivity contribution in [3.8, 4) is 0 Å². The minimum absolute atomic E-state index is 0.0943. The van der Waals surface area contributed by atoms with E-state index in [4.69, 9.17) is 5.21 Å². The molecule has 5 heteroatoms. The van der Waals surface area contributed by atoms with Gasteiger partial charge in [-0.25, -0.2) is 5.48 Å². The number of hydrogen-bond acceptors (Lipinski definition) is 3. The first kappa shape index (κ1) is 12.8. The maximum atomic E-state index is 12.1. The number of hydrogen-bond donors (Lipinski definition) is 3. The second-order valence-corrected chi connectivity index (χ2v) is 3.85. The molecule has 2 rings (SSSR count). The van der Waals surface area contributed by atoms with Gasteiger partial charge in [0.15, 0.2) is 5.78 Å². The van der Waals surface area contributed by atoms with Gasteiger partial charge < -0.3 is 4.98 Å². The van der Waals surface area contributed by atoms with E-state index < -0.39 is 5.91 Å². The highest BCUT2D eigenvalue weighted by atomic mass is 16.5. The van der Waals surface area contributed by atoms with Gasteiger partial charge in [0, 0.05) is 29.1 Å². The van der Waals surface area contributed by atoms with Crippen LogP contribution in [-0.2, 0) is 4.79 Å². The Hall–Kier alpha value is -2.66. The van der Waals surface area contributed by atoms with Crippen LogP contribution in [0.25, 0.3) is 6.08 Å². The Morgan fingerprint density at radius 3 is 2.58 bits per heavy atom. The highest BCUT2D eigenvalue weighted by molar-refractivity contribution is 6.09. The molecule has 19 heavy (non-hydrogen) atoms. The first-order valence-corrected chi connectivity index (χ1v) is 5.61. The Morgan fingerprint density at radius 2 is 1.89 bits per heavy atom. The second-order valence-electron chi connectivity index (χ2n) is 3.85. The molecule has 1 aromatic carbocycles. The van der Waals surface area contributed by atoms with Crippen LogP contribution in [-0.4, -0.2) is 21.9 Å². The smallest absolute Gasteiger partial charge is 0.267 e. The van der Waals surface area contributed by atoms with Crippen molar-refractivity contribution in [2.45, 2.75) is 0 Å². The lowest BCUT2D eigenvalue weighted by Gasteiger charge is -1.96. The molecule has 2 aromatic rings. The molecule has 0 atom stereocenters. The molecule has 0 fully saturated rings. The van der Waals surface area contributed by atoms with Crippen LogP contribution < -0.4 is 5.48 Å². The van der Waals surface area contributed by atoms with Gasteiger partial charge in [-0.3, -0.25) is 14.8 Å². The fourth-order valence-corrected chi connectivity index (χ4v) is 1.60. The molecule has 1 amide bonds. The average molecular weight is 256 g/mol. The zero-order valence-electron chi connectivity index (χ0n) is 9.96. The molecule has 0 aliphatic rings. The number of H-pyrrole nitrogens is 1. The van der Waals surface area contributed by atoms with Gasteiger partial charge in [-0.2, -0.15) is 0 Å². The predicted octanol–water partition coefficient (Wildman–Crippen LogP) is 1.76. The van der Waals surface area contributed by atoms with Crippen molar-refractivity contribution in [3.05, 3.63) is 65.5 Å². The van der Waals surface area contributed by atoms with Gasteiger partial charge in [0.1, 0.15) is 0 Å². The zero-order valence-corrected chi connectivity index (χ0v) is 9.96. The maximum absolute atomic E-state index is 12.1. The van der Waals surface area contributed by atoms with E-state index in [0.717, 1.165) is 6.08 Å². The summed E-state index contributed by atoms with van der Waals surface area (Å²) in [7, 11) is 0. The molecule has 0 saturated heterocycles. The van der Waals surface area contributed by atoms with Gasteiger partial charge in [0.05, 0.1) is 0 Å². The first-order chi connectivity index (χ1) is 9.20. The van der Waals surface area contributed by atoms with E-state index >= 15 is 0 Å². The topological polar surface area (TPSA) is 82.2 Å². The minimum Gasteiger partial charge on any atom is -0.361 e. The number of rotatable bonds is 4. The zero-order chi connectivity index (χ0) is 13.7. The van der Waals surface area contributed by atoms with Gasteiger partial charge in [-0.05, 0) is 12.1 Å². The van der Waals surface area contributed by atoms with Crippen LogP contribution in [0.5, 0.6) is 0 Å². The lowest BCUT2D eigenvalue weighted by atomic mass is 10.1. The summed E-state index contributed by atoms with van der Waals surface area (Å²) in [5, 5.41) is 8.34. The highest BCUT2D eigenvalue weighted by Crippen LogP contribution is 2.11. The molecule has 0 aliphatic carbocycles. The number of ketones is 1. The van der Waals surface area contributed by atoms with Crippen molar-refractivity contribution in [1.29, 1.82) is 0 Å². The van der Waals surface area contributed by atoms with Crippen molar-refractivity contribution < 1.29 is 14.8 Å². The molecule has 0 radical (unpaired) electrons. The molecule has 0 unspecified atom stereocenters. The maximum Gasteiger partial charge on any atom is 0.267 e. The molecule has 0 aliphatic heterocycles. The van der Waals surface area contributed by atoms with Crippen molar-refractivity contribution in [2.24, 2.45) is 0 Å². The van der Waals surface area contributed by atoms with Crippen molar-refractivity contribution in [1.82, 2.24) is 10.5 Å². The Balaban J connectivity index is 2.15. The Morgan fingerprint density at radius 1 is 1.16 bits per heavy atom. The van der Waals surface area contributed by atoms with Crippen molar-refractivity contribution in [2.75, 3.05) is 0 Å². The molecular formula is C14H12N2O3. The van der Waals surface area contributed by atoms with Crippen LogP contribution >= 0.6 is 0 Å². The van der Waals surface area contributed by atoms with Gasteiger partial charge >= 0.3 is 0 Å². The fourth-order valence-electron chi connectivity index (χ4n) is 1.60. The first-order valence-electron chi connectivity index (χ1n) is 5.61. The number of carbonyl (C=O) groups excluding carboxylic acids is 2. The third-order valence-corrected chi connectivity index (χ3v) is 2.53. The monoisotopic (exact) mass is 256 g/mol. The molecule has 0 spiro atoms. The Kier molecular flexibility index (Phi) is 3.90. The normalized spacial score (nSPS) is 10.6. The summed E-state index contributed by atoms with van der Waals surface area (Å²) in [5.74, 6) is -0.728. The number of benzene rings is 1. The van der Waals surface area contributed by atoms with Crippen LogP contribution in [0.3, 0.4) is 0 Å². The molecular weight excluding hydrogens is 244 g/mol. The summed E-state index contributed by atoms with van der Waals surface area (Å²) < 4.78 is 0. The summed E-state index contributed by atoms with van der Waals surface area (Å²) in [4.78, 5) is 25.8. The van der Waals surface area contributed by atoms with Crippen molar-refractivity contribution in [3.63, 3.8) is 0 Å². The van der Waals surface area contributed by atoms with Crippen LogP contribution in [0.4, 0.5) is 0 Å². The summed E-state index contributed by atoms with van der Waals surface area (Å²) in [6.07, 6.45) is 4.20. The number of nitrogens with one attached hydrogen (secondary N) is 2. The number of hydroxylamine groups is 1. The molecule has 5 nitrogen and oxygen atoms in total. The number of aromatic amines is 1. The molecule has 3 N–H and O–H groups in total. The van der Waals surface area contributed by atoms with Crippen LogP contribution in [0.15, 0.2) is 48.7 Å². The van der Waals surface area contributed by atoms with Crippen LogP contribution in [0.1, 0.15) is 21.6 Å². The van der Waals surface area contributed by atoms with Gasteiger partial charge in [-0.15, -0.1) is 0 Å². The fraction of sp³-hybridized carbons (Fsp3) is 0. The van der Waals surface area contributed by atoms with E-state index in [0.29, 0.717) is 16.8 Å². The Bertz CT molecular complexity index is 615. The molecule has 96 valence electrons. The summed E-state index contributed by atoms with van der Waals surface area (Å²) >= 11 is 0. The largest absolute Gasteiger partial charge is 0.361 e. The van der Waals surface area contributed by atoms with E-state index in [1.54, 1.807) is 36.5 Å². The van der Waals surface area contributed by atoms with Crippen LogP contribution in [0, 0.1) is 0 Å². The predicted molar refractivity (Wildman–Crippen MR) is 69.6 cm³/mol. The molecule has 0 saturated carbocycles. The third kappa shape index (κ3) is 3.17. The van der Waals surface area contributed by atoms with E-state index in [2.05, 4.69) is 4.98 Å². The quantitative estimate of drug-likeness (QED) is 0.337. The number of aromatic nitrogens is 1. The van der Waals surface area contributed by atoms with E-state index in [1.165, 1.54) is 11.6 Å². The number of carbonyl (C=O) groups is 2. The second kappa shape index (κ2) is 5.79. The lowest BCUT2D eigenvalue weighted by Crippen LogP contribution is -2.14. The van der Waals surface area contributed by atoms with Gasteiger partial charge in [0.2, 0.25) is 0 Å². The Labute approximate surface area is 109 Å². The standard InChI is InChI=1S/C14H12N2O3/c17-13(16-19)7-6-12-8-11(9-15-12)14(18)10-4-2-1-3-5-10/h1-9,15,19H,(H,16,17)/b7-6+. The van der Waals surface area contributed by atoms with Crippen LogP contribution in [0.2, 0.25) is 0 Å². The number of amides is 1. The molecule has 0 bridgehead atoms. The lowest BCUT2D eigenvalue weighted by molar-refractivity contribution is -0.124. The van der Waals surface area contributed by atoms with Gasteiger partial charge in [-0.1, -0.05) is 30.3 Å². The average Bonchev–Trinajstić information content (AvgIpc) is 2.93. The summed E-state index contributed by atoms with van der Waals surface area (Å²) in [6.45, 7) is 0. The molecule has 1 aromatic heterocycles. The van der Waals surface area contributed by atoms with E-state index in [9.17, 15) is 9.59 Å². The minimum atomic E-state index is -0.634. The SMILES string of the molecule is O=C(/C=C/c1cc(C(=O)c2ccccc2)c[nH]1)NO.